The first kappa shape index (κ1) is 11.8. The minimum absolute atomic E-state index is 0.114. The van der Waals surface area contributed by atoms with E-state index in [1.165, 1.54) is 0 Å². The van der Waals surface area contributed by atoms with Crippen LogP contribution in [0.2, 0.25) is 0 Å². The van der Waals surface area contributed by atoms with Gasteiger partial charge >= 0.3 is 12.4 Å². The largest absolute Gasteiger partial charge is 0.480 e. The van der Waals surface area contributed by atoms with Crippen LogP contribution in [0.5, 0.6) is 0 Å². The van der Waals surface area contributed by atoms with Gasteiger partial charge < -0.3 is 10.0 Å². The predicted molar refractivity (Wildman–Crippen MR) is 46.7 cm³/mol. The van der Waals surface area contributed by atoms with Crippen molar-refractivity contribution in [2.24, 2.45) is 0 Å². The lowest BCUT2D eigenvalue weighted by Crippen LogP contribution is -2.51. The number of aliphatic carboxylic acids is 1. The molecule has 0 bridgehead atoms. The maximum atomic E-state index is 12.0. The van der Waals surface area contributed by atoms with Gasteiger partial charge in [0, 0.05) is 26.2 Å². The Morgan fingerprint density at radius 2 is 1.73 bits per heavy atom. The Bertz CT molecular complexity index is 252. The van der Waals surface area contributed by atoms with Crippen molar-refractivity contribution >= 4 is 11.9 Å². The van der Waals surface area contributed by atoms with Crippen molar-refractivity contribution in [3.63, 3.8) is 0 Å². The fraction of sp³-hybridized carbons (Fsp3) is 0.750. The van der Waals surface area contributed by atoms with Crippen molar-refractivity contribution in [2.75, 3.05) is 32.7 Å². The lowest BCUT2D eigenvalue weighted by Gasteiger charge is -2.33. The summed E-state index contributed by atoms with van der Waals surface area (Å²) in [5.41, 5.74) is 0. The van der Waals surface area contributed by atoms with E-state index in [9.17, 15) is 18.4 Å². The molecule has 1 heterocycles. The lowest BCUT2D eigenvalue weighted by molar-refractivity contribution is -0.145. The van der Waals surface area contributed by atoms with Crippen LogP contribution < -0.4 is 0 Å². The summed E-state index contributed by atoms with van der Waals surface area (Å²) < 4.78 is 24.0. The highest BCUT2D eigenvalue weighted by molar-refractivity contribution is 5.79. The van der Waals surface area contributed by atoms with E-state index in [2.05, 4.69) is 0 Å². The molecule has 0 radical (unpaired) electrons. The zero-order valence-electron chi connectivity index (χ0n) is 8.03. The zero-order valence-corrected chi connectivity index (χ0v) is 8.03. The molecule has 1 aliphatic rings. The molecule has 0 aromatic heterocycles. The first-order valence-corrected chi connectivity index (χ1v) is 4.52. The van der Waals surface area contributed by atoms with Crippen LogP contribution in [0, 0.1) is 0 Å². The van der Waals surface area contributed by atoms with Gasteiger partial charge in [-0.3, -0.25) is 14.5 Å². The van der Waals surface area contributed by atoms with Gasteiger partial charge in [-0.25, -0.2) is 0 Å². The predicted octanol–water partition coefficient (Wildman–Crippen LogP) is -0.520. The summed E-state index contributed by atoms with van der Waals surface area (Å²) in [5, 5.41) is 8.49. The molecule has 1 amide bonds. The van der Waals surface area contributed by atoms with Crippen molar-refractivity contribution in [1.82, 2.24) is 9.80 Å². The van der Waals surface area contributed by atoms with Crippen molar-refractivity contribution in [3.8, 4) is 0 Å². The van der Waals surface area contributed by atoms with Crippen LogP contribution in [0.25, 0.3) is 0 Å². The van der Waals surface area contributed by atoms with Crippen LogP contribution in [0.1, 0.15) is 0 Å². The molecular formula is C8H12F2N2O3. The summed E-state index contributed by atoms with van der Waals surface area (Å²) in [6.45, 7) is 0.860. The smallest absolute Gasteiger partial charge is 0.317 e. The highest BCUT2D eigenvalue weighted by Gasteiger charge is 2.27. The number of carbonyl (C=O) groups excluding carboxylic acids is 1. The van der Waals surface area contributed by atoms with Gasteiger partial charge in [-0.2, -0.15) is 8.78 Å². The van der Waals surface area contributed by atoms with E-state index < -0.39 is 18.3 Å². The topological polar surface area (TPSA) is 60.9 Å². The summed E-state index contributed by atoms with van der Waals surface area (Å²) in [6, 6.07) is 0. The molecule has 1 aliphatic heterocycles. The molecule has 15 heavy (non-hydrogen) atoms. The Balaban J connectivity index is 2.35. The average Bonchev–Trinajstić information content (AvgIpc) is 2.17. The third-order valence-corrected chi connectivity index (χ3v) is 2.23. The fourth-order valence-corrected chi connectivity index (χ4v) is 1.46. The summed E-state index contributed by atoms with van der Waals surface area (Å²) in [5.74, 6) is -2.13. The number of piperazine rings is 1. The normalized spacial score (nSPS) is 18.2. The van der Waals surface area contributed by atoms with E-state index in [4.69, 9.17) is 5.11 Å². The summed E-state index contributed by atoms with van der Waals surface area (Å²) >= 11 is 0. The number of rotatable bonds is 3. The summed E-state index contributed by atoms with van der Waals surface area (Å²) in [4.78, 5) is 23.9. The van der Waals surface area contributed by atoms with Crippen molar-refractivity contribution in [1.29, 1.82) is 0 Å². The van der Waals surface area contributed by atoms with Crippen LogP contribution in [0.15, 0.2) is 0 Å². The maximum absolute atomic E-state index is 12.0. The molecule has 7 heteroatoms. The first-order valence-electron chi connectivity index (χ1n) is 4.52. The van der Waals surface area contributed by atoms with Crippen molar-refractivity contribution in [2.45, 2.75) is 6.43 Å². The van der Waals surface area contributed by atoms with Crippen molar-refractivity contribution in [3.05, 3.63) is 0 Å². The molecule has 86 valence electrons. The number of carboxylic acid groups (broad SMARTS) is 1. The minimum Gasteiger partial charge on any atom is -0.480 e. The summed E-state index contributed by atoms with van der Waals surface area (Å²) in [7, 11) is 0. The standard InChI is InChI=1S/C8H12F2N2O3/c9-7(10)8(15)12-3-1-11(2-4-12)5-6(13)14/h7H,1-5H2,(H,13,14). The van der Waals surface area contributed by atoms with Crippen LogP contribution >= 0.6 is 0 Å². The molecule has 5 nitrogen and oxygen atoms in total. The van der Waals surface area contributed by atoms with Crippen LogP contribution in [0.3, 0.4) is 0 Å². The second-order valence-electron chi connectivity index (χ2n) is 3.30. The Labute approximate surface area is 85.3 Å². The van der Waals surface area contributed by atoms with Crippen LogP contribution in [-0.4, -0.2) is 65.9 Å². The summed E-state index contributed by atoms with van der Waals surface area (Å²) in [6.07, 6.45) is -2.98. The SMILES string of the molecule is O=C(O)CN1CCN(C(=O)C(F)F)CC1. The van der Waals surface area contributed by atoms with Gasteiger partial charge in [-0.05, 0) is 0 Å². The number of carboxylic acids is 1. The number of amides is 1. The van der Waals surface area contributed by atoms with E-state index in [1.54, 1.807) is 4.90 Å². The molecule has 0 aromatic carbocycles. The molecule has 0 aromatic rings. The van der Waals surface area contributed by atoms with E-state index in [0.717, 1.165) is 4.90 Å². The molecule has 1 saturated heterocycles. The Morgan fingerprint density at radius 3 is 2.13 bits per heavy atom. The van der Waals surface area contributed by atoms with E-state index >= 15 is 0 Å². The third kappa shape index (κ3) is 3.43. The molecule has 0 spiro atoms. The molecule has 1 rings (SSSR count). The number of hydrogen-bond acceptors (Lipinski definition) is 3. The fourth-order valence-electron chi connectivity index (χ4n) is 1.46. The second-order valence-corrected chi connectivity index (χ2v) is 3.30. The third-order valence-electron chi connectivity index (χ3n) is 2.23. The Kier molecular flexibility index (Phi) is 3.96. The highest BCUT2D eigenvalue weighted by atomic mass is 19.3. The molecule has 0 aliphatic carbocycles. The van der Waals surface area contributed by atoms with E-state index in [-0.39, 0.29) is 19.6 Å². The average molecular weight is 222 g/mol. The minimum atomic E-state index is -2.98. The maximum Gasteiger partial charge on any atom is 0.317 e. The molecule has 1 N–H and O–H groups in total. The van der Waals surface area contributed by atoms with Gasteiger partial charge in [-0.15, -0.1) is 0 Å². The number of carbonyl (C=O) groups is 2. The van der Waals surface area contributed by atoms with Crippen LogP contribution in [0.4, 0.5) is 8.78 Å². The Morgan fingerprint density at radius 1 is 1.20 bits per heavy atom. The zero-order chi connectivity index (χ0) is 11.4. The van der Waals surface area contributed by atoms with E-state index in [1.807, 2.05) is 0 Å². The molecular weight excluding hydrogens is 210 g/mol. The number of alkyl halides is 2. The van der Waals surface area contributed by atoms with Gasteiger partial charge in [0.15, 0.2) is 0 Å². The van der Waals surface area contributed by atoms with Crippen LogP contribution in [-0.2, 0) is 9.59 Å². The van der Waals surface area contributed by atoms with Crippen molar-refractivity contribution < 1.29 is 23.5 Å². The molecule has 1 fully saturated rings. The molecule has 0 saturated carbocycles. The first-order chi connectivity index (χ1) is 7.00. The number of nitrogens with zero attached hydrogens (tertiary/aromatic N) is 2. The highest BCUT2D eigenvalue weighted by Crippen LogP contribution is 2.06. The van der Waals surface area contributed by atoms with E-state index in [0.29, 0.717) is 13.1 Å². The monoisotopic (exact) mass is 222 g/mol. The molecule has 0 atom stereocenters. The number of hydrogen-bond donors (Lipinski definition) is 1. The quantitative estimate of drug-likeness (QED) is 0.698. The number of halogens is 2. The second kappa shape index (κ2) is 5.01. The van der Waals surface area contributed by atoms with Gasteiger partial charge in [0.2, 0.25) is 0 Å². The molecule has 0 unspecified atom stereocenters. The van der Waals surface area contributed by atoms with Gasteiger partial charge in [-0.1, -0.05) is 0 Å². The van der Waals surface area contributed by atoms with Gasteiger partial charge in [0.25, 0.3) is 5.91 Å². The van der Waals surface area contributed by atoms with Gasteiger partial charge in [0.05, 0.1) is 6.54 Å². The lowest BCUT2D eigenvalue weighted by atomic mass is 10.3. The Hall–Kier alpha value is -1.24. The van der Waals surface area contributed by atoms with Gasteiger partial charge in [0.1, 0.15) is 0 Å².